The zero-order valence-electron chi connectivity index (χ0n) is 13.9. The molecule has 0 radical (unpaired) electrons. The van der Waals surface area contributed by atoms with Crippen LogP contribution in [0, 0.1) is 0 Å². The first-order chi connectivity index (χ1) is 11.9. The Morgan fingerprint density at radius 3 is 2.84 bits per heavy atom. The fourth-order valence-electron chi connectivity index (χ4n) is 2.44. The minimum absolute atomic E-state index is 0.162. The second-order valence-corrected chi connectivity index (χ2v) is 6.36. The van der Waals surface area contributed by atoms with E-state index in [0.717, 1.165) is 0 Å². The first kappa shape index (κ1) is 17.1. The van der Waals surface area contributed by atoms with Crippen molar-refractivity contribution >= 4 is 44.4 Å². The van der Waals surface area contributed by atoms with Gasteiger partial charge >= 0.3 is 0 Å². The van der Waals surface area contributed by atoms with Gasteiger partial charge in [-0.3, -0.25) is 14.2 Å². The normalized spacial score (nSPS) is 10.9. The van der Waals surface area contributed by atoms with Crippen LogP contribution in [-0.2, 0) is 18.4 Å². The van der Waals surface area contributed by atoms with Crippen molar-refractivity contribution in [2.75, 3.05) is 24.3 Å². The molecule has 3 rings (SSSR count). The standard InChI is InChI=1S/C15H16BrN7O2/c1-21(2)13-9(5-4-6-17-13)19-10(24)7-23-8-18-14-11(15(23)25)12(16)20-22(14)3/h4-6,8H,7H2,1-3H3,(H,19,24). The molecule has 3 aromatic rings. The molecule has 130 valence electrons. The Bertz CT molecular complexity index is 1010. The molecule has 0 fully saturated rings. The molecule has 25 heavy (non-hydrogen) atoms. The summed E-state index contributed by atoms with van der Waals surface area (Å²) < 4.78 is 3.15. The van der Waals surface area contributed by atoms with E-state index < -0.39 is 0 Å². The summed E-state index contributed by atoms with van der Waals surface area (Å²) in [6, 6.07) is 3.48. The SMILES string of the molecule is CN(C)c1ncccc1NC(=O)Cn1cnc2c(c(Br)nn2C)c1=O. The predicted octanol–water partition coefficient (Wildman–Crippen LogP) is 0.992. The molecule has 3 heterocycles. The number of nitrogens with one attached hydrogen (secondary N) is 1. The van der Waals surface area contributed by atoms with Crippen molar-refractivity contribution < 1.29 is 4.79 Å². The molecule has 3 aromatic heterocycles. The quantitative estimate of drug-likeness (QED) is 0.694. The Morgan fingerprint density at radius 2 is 2.12 bits per heavy atom. The van der Waals surface area contributed by atoms with Crippen LogP contribution in [-0.4, -0.2) is 44.3 Å². The molecule has 0 aliphatic rings. The minimum atomic E-state index is -0.348. The van der Waals surface area contributed by atoms with Crippen molar-refractivity contribution in [2.45, 2.75) is 6.54 Å². The lowest BCUT2D eigenvalue weighted by Crippen LogP contribution is -2.28. The van der Waals surface area contributed by atoms with Gasteiger partial charge in [0.15, 0.2) is 11.5 Å². The average Bonchev–Trinajstić information content (AvgIpc) is 2.85. The number of aryl methyl sites for hydroxylation is 1. The van der Waals surface area contributed by atoms with Crippen molar-refractivity contribution in [1.29, 1.82) is 0 Å². The number of anilines is 2. The third-order valence-corrected chi connectivity index (χ3v) is 4.12. The minimum Gasteiger partial charge on any atom is -0.361 e. The molecule has 0 spiro atoms. The van der Waals surface area contributed by atoms with Crippen LogP contribution in [0.25, 0.3) is 11.0 Å². The molecule has 0 aromatic carbocycles. The maximum atomic E-state index is 12.6. The first-order valence-electron chi connectivity index (χ1n) is 7.38. The molecule has 9 nitrogen and oxygen atoms in total. The van der Waals surface area contributed by atoms with Gasteiger partial charge in [-0.2, -0.15) is 5.10 Å². The van der Waals surface area contributed by atoms with Gasteiger partial charge in [-0.05, 0) is 28.1 Å². The monoisotopic (exact) mass is 405 g/mol. The Labute approximate surface area is 151 Å². The first-order valence-corrected chi connectivity index (χ1v) is 8.17. The van der Waals surface area contributed by atoms with Gasteiger partial charge in [0.25, 0.3) is 5.56 Å². The highest BCUT2D eigenvalue weighted by Crippen LogP contribution is 2.20. The molecule has 1 amide bonds. The molecule has 0 aliphatic heterocycles. The van der Waals surface area contributed by atoms with E-state index in [1.54, 1.807) is 30.3 Å². The van der Waals surface area contributed by atoms with E-state index in [4.69, 9.17) is 0 Å². The van der Waals surface area contributed by atoms with Crippen LogP contribution in [0.5, 0.6) is 0 Å². The smallest absolute Gasteiger partial charge is 0.266 e. The molecular weight excluding hydrogens is 390 g/mol. The van der Waals surface area contributed by atoms with Crippen molar-refractivity contribution in [3.05, 3.63) is 39.6 Å². The van der Waals surface area contributed by atoms with Crippen LogP contribution in [0.3, 0.4) is 0 Å². The number of hydrogen-bond donors (Lipinski definition) is 1. The Morgan fingerprint density at radius 1 is 1.36 bits per heavy atom. The largest absolute Gasteiger partial charge is 0.361 e. The fourth-order valence-corrected chi connectivity index (χ4v) is 3.03. The number of rotatable bonds is 4. The van der Waals surface area contributed by atoms with E-state index in [9.17, 15) is 9.59 Å². The van der Waals surface area contributed by atoms with E-state index in [0.29, 0.717) is 27.1 Å². The molecule has 10 heteroatoms. The highest BCUT2D eigenvalue weighted by Gasteiger charge is 2.16. The zero-order chi connectivity index (χ0) is 18.1. The summed E-state index contributed by atoms with van der Waals surface area (Å²) in [5, 5.41) is 7.23. The summed E-state index contributed by atoms with van der Waals surface area (Å²) in [6.45, 7) is -0.162. The van der Waals surface area contributed by atoms with Gasteiger partial charge in [-0.1, -0.05) is 0 Å². The van der Waals surface area contributed by atoms with Crippen molar-refractivity contribution in [3.8, 4) is 0 Å². The van der Waals surface area contributed by atoms with Crippen molar-refractivity contribution in [1.82, 2.24) is 24.3 Å². The third-order valence-electron chi connectivity index (χ3n) is 3.57. The highest BCUT2D eigenvalue weighted by molar-refractivity contribution is 9.10. The second-order valence-electron chi connectivity index (χ2n) is 5.61. The Hall–Kier alpha value is -2.75. The average molecular weight is 406 g/mol. The lowest BCUT2D eigenvalue weighted by atomic mass is 10.3. The summed E-state index contributed by atoms with van der Waals surface area (Å²) in [5.41, 5.74) is 0.692. The Balaban J connectivity index is 1.87. The zero-order valence-corrected chi connectivity index (χ0v) is 15.5. The number of carbonyl (C=O) groups is 1. The Kier molecular flexibility index (Phi) is 4.53. The highest BCUT2D eigenvalue weighted by atomic mass is 79.9. The molecule has 0 bridgehead atoms. The van der Waals surface area contributed by atoms with Crippen LogP contribution in [0.2, 0.25) is 0 Å². The second kappa shape index (κ2) is 6.63. The maximum absolute atomic E-state index is 12.6. The number of amides is 1. The number of hydrogen-bond acceptors (Lipinski definition) is 6. The maximum Gasteiger partial charge on any atom is 0.266 e. The summed E-state index contributed by atoms with van der Waals surface area (Å²) in [7, 11) is 5.36. The van der Waals surface area contributed by atoms with E-state index in [-0.39, 0.29) is 18.0 Å². The van der Waals surface area contributed by atoms with Gasteiger partial charge in [-0.25, -0.2) is 14.6 Å². The molecular formula is C15H16BrN7O2. The molecule has 0 saturated carbocycles. The van der Waals surface area contributed by atoms with E-state index >= 15 is 0 Å². The van der Waals surface area contributed by atoms with Crippen LogP contribution in [0.15, 0.2) is 34.1 Å². The van der Waals surface area contributed by atoms with Crippen LogP contribution >= 0.6 is 15.9 Å². The van der Waals surface area contributed by atoms with Crippen molar-refractivity contribution in [2.24, 2.45) is 7.05 Å². The molecule has 0 atom stereocenters. The summed E-state index contributed by atoms with van der Waals surface area (Å²) in [6.07, 6.45) is 2.99. The number of fused-ring (bicyclic) bond motifs is 1. The third kappa shape index (κ3) is 3.25. The summed E-state index contributed by atoms with van der Waals surface area (Å²) >= 11 is 3.25. The lowest BCUT2D eigenvalue weighted by molar-refractivity contribution is -0.116. The molecule has 0 unspecified atom stereocenters. The predicted molar refractivity (Wildman–Crippen MR) is 97.7 cm³/mol. The fraction of sp³-hybridized carbons (Fsp3) is 0.267. The number of halogens is 1. The van der Waals surface area contributed by atoms with Gasteiger partial charge in [0.1, 0.15) is 22.9 Å². The van der Waals surface area contributed by atoms with Gasteiger partial charge in [-0.15, -0.1) is 0 Å². The van der Waals surface area contributed by atoms with Crippen LogP contribution in [0.1, 0.15) is 0 Å². The molecule has 1 N–H and O–H groups in total. The summed E-state index contributed by atoms with van der Waals surface area (Å²) in [5.74, 6) is 0.283. The number of carbonyl (C=O) groups excluding carboxylic acids is 1. The molecule has 0 aliphatic carbocycles. The molecule has 0 saturated heterocycles. The number of pyridine rings is 1. The van der Waals surface area contributed by atoms with E-state index in [1.165, 1.54) is 15.6 Å². The van der Waals surface area contributed by atoms with Gasteiger partial charge in [0.05, 0.1) is 5.69 Å². The van der Waals surface area contributed by atoms with Gasteiger partial charge in [0.2, 0.25) is 5.91 Å². The van der Waals surface area contributed by atoms with E-state index in [1.807, 2.05) is 14.1 Å². The van der Waals surface area contributed by atoms with Crippen LogP contribution < -0.4 is 15.8 Å². The van der Waals surface area contributed by atoms with E-state index in [2.05, 4.69) is 36.3 Å². The topological polar surface area (TPSA) is 97.9 Å². The van der Waals surface area contributed by atoms with Crippen LogP contribution in [0.4, 0.5) is 11.5 Å². The van der Waals surface area contributed by atoms with Gasteiger partial charge < -0.3 is 10.2 Å². The number of nitrogens with zero attached hydrogens (tertiary/aromatic N) is 6. The van der Waals surface area contributed by atoms with Gasteiger partial charge in [0, 0.05) is 27.3 Å². The number of aromatic nitrogens is 5. The summed E-state index contributed by atoms with van der Waals surface area (Å²) in [4.78, 5) is 35.1. The van der Waals surface area contributed by atoms with Crippen molar-refractivity contribution in [3.63, 3.8) is 0 Å². The lowest BCUT2D eigenvalue weighted by Gasteiger charge is -2.16.